The van der Waals surface area contributed by atoms with E-state index in [4.69, 9.17) is 11.6 Å². The number of rotatable bonds is 4. The van der Waals surface area contributed by atoms with Crippen LogP contribution in [0.2, 0.25) is 5.15 Å². The van der Waals surface area contributed by atoms with Gasteiger partial charge in [0.1, 0.15) is 17.3 Å². The predicted octanol–water partition coefficient (Wildman–Crippen LogP) is 3.61. The third-order valence-corrected chi connectivity index (χ3v) is 3.28. The van der Waals surface area contributed by atoms with Crippen molar-refractivity contribution >= 4 is 17.4 Å². The Morgan fingerprint density at radius 2 is 2.00 bits per heavy atom. The first-order valence-corrected chi connectivity index (χ1v) is 6.38. The Hall–Kier alpha value is -1.61. The lowest BCUT2D eigenvalue weighted by molar-refractivity contribution is 1.01. The highest BCUT2D eigenvalue weighted by Gasteiger charge is 2.07. The molecule has 18 heavy (non-hydrogen) atoms. The molecule has 2 aromatic rings. The quantitative estimate of drug-likeness (QED) is 0.855. The van der Waals surface area contributed by atoms with Gasteiger partial charge in [0.2, 0.25) is 0 Å². The maximum Gasteiger partial charge on any atom is 0.137 e. The number of hydrogen-bond donors (Lipinski definition) is 1. The molecule has 0 aliphatic heterocycles. The standard InChI is InChI=1S/C14H16ClN3/c1-3-12-13(15)17-9-18-14(12)16-8-11-7-5-4-6-10(11)2/h4-7,9H,3,8H2,1-2H3,(H,16,17,18). The van der Waals surface area contributed by atoms with Gasteiger partial charge in [0.05, 0.1) is 0 Å². The van der Waals surface area contributed by atoms with Gasteiger partial charge in [0.25, 0.3) is 0 Å². The van der Waals surface area contributed by atoms with E-state index in [2.05, 4.69) is 34.3 Å². The van der Waals surface area contributed by atoms with Gasteiger partial charge in [0, 0.05) is 12.1 Å². The van der Waals surface area contributed by atoms with Crippen LogP contribution in [0, 0.1) is 6.92 Å². The summed E-state index contributed by atoms with van der Waals surface area (Å²) in [6.07, 6.45) is 2.30. The number of aromatic nitrogens is 2. The highest BCUT2D eigenvalue weighted by atomic mass is 35.5. The Bertz CT molecular complexity index is 540. The van der Waals surface area contributed by atoms with E-state index in [0.717, 1.165) is 24.3 Å². The van der Waals surface area contributed by atoms with E-state index < -0.39 is 0 Å². The molecule has 0 spiro atoms. The van der Waals surface area contributed by atoms with Crippen molar-refractivity contribution in [3.05, 3.63) is 52.4 Å². The summed E-state index contributed by atoms with van der Waals surface area (Å²) in [7, 11) is 0. The first kappa shape index (κ1) is 12.8. The third kappa shape index (κ3) is 2.79. The van der Waals surface area contributed by atoms with Gasteiger partial charge in [0.15, 0.2) is 0 Å². The summed E-state index contributed by atoms with van der Waals surface area (Å²) < 4.78 is 0. The summed E-state index contributed by atoms with van der Waals surface area (Å²) >= 11 is 6.05. The Kier molecular flexibility index (Phi) is 4.15. The highest BCUT2D eigenvalue weighted by Crippen LogP contribution is 2.21. The molecule has 2 rings (SSSR count). The van der Waals surface area contributed by atoms with Crippen LogP contribution in [0.4, 0.5) is 5.82 Å². The van der Waals surface area contributed by atoms with Crippen molar-refractivity contribution in [1.29, 1.82) is 0 Å². The zero-order chi connectivity index (χ0) is 13.0. The van der Waals surface area contributed by atoms with Gasteiger partial charge < -0.3 is 5.32 Å². The van der Waals surface area contributed by atoms with Gasteiger partial charge in [-0.15, -0.1) is 0 Å². The van der Waals surface area contributed by atoms with E-state index >= 15 is 0 Å². The van der Waals surface area contributed by atoms with Gasteiger partial charge in [-0.25, -0.2) is 9.97 Å². The van der Waals surface area contributed by atoms with Crippen LogP contribution in [0.3, 0.4) is 0 Å². The Morgan fingerprint density at radius 3 is 2.72 bits per heavy atom. The van der Waals surface area contributed by atoms with Crippen molar-refractivity contribution in [3.8, 4) is 0 Å². The van der Waals surface area contributed by atoms with Crippen LogP contribution in [0.25, 0.3) is 0 Å². The van der Waals surface area contributed by atoms with Gasteiger partial charge in [-0.1, -0.05) is 42.8 Å². The minimum absolute atomic E-state index is 0.528. The molecule has 4 heteroatoms. The third-order valence-electron chi connectivity index (χ3n) is 2.95. The summed E-state index contributed by atoms with van der Waals surface area (Å²) in [5.41, 5.74) is 3.49. The Balaban J connectivity index is 2.16. The van der Waals surface area contributed by atoms with Gasteiger partial charge in [-0.05, 0) is 24.5 Å². The molecular weight excluding hydrogens is 246 g/mol. The molecule has 1 heterocycles. The zero-order valence-electron chi connectivity index (χ0n) is 10.6. The predicted molar refractivity (Wildman–Crippen MR) is 74.9 cm³/mol. The molecule has 1 aromatic heterocycles. The molecule has 0 atom stereocenters. The fourth-order valence-electron chi connectivity index (χ4n) is 1.84. The van der Waals surface area contributed by atoms with Crippen molar-refractivity contribution in [2.75, 3.05) is 5.32 Å². The van der Waals surface area contributed by atoms with Crippen molar-refractivity contribution in [2.24, 2.45) is 0 Å². The molecule has 0 unspecified atom stereocenters. The summed E-state index contributed by atoms with van der Waals surface area (Å²) in [6.45, 7) is 4.89. The smallest absolute Gasteiger partial charge is 0.137 e. The average Bonchev–Trinajstić information content (AvgIpc) is 2.38. The van der Waals surface area contributed by atoms with Crippen molar-refractivity contribution < 1.29 is 0 Å². The van der Waals surface area contributed by atoms with E-state index in [1.54, 1.807) is 0 Å². The molecule has 3 nitrogen and oxygen atoms in total. The van der Waals surface area contributed by atoms with E-state index in [1.807, 2.05) is 19.1 Å². The second-order valence-electron chi connectivity index (χ2n) is 4.13. The minimum atomic E-state index is 0.528. The van der Waals surface area contributed by atoms with Crippen LogP contribution < -0.4 is 5.32 Å². The molecule has 0 amide bonds. The molecule has 0 saturated heterocycles. The molecule has 94 valence electrons. The maximum atomic E-state index is 6.05. The summed E-state index contributed by atoms with van der Waals surface area (Å²) in [6, 6.07) is 8.29. The van der Waals surface area contributed by atoms with Crippen molar-refractivity contribution in [1.82, 2.24) is 9.97 Å². The van der Waals surface area contributed by atoms with Gasteiger partial charge >= 0.3 is 0 Å². The number of halogens is 1. The van der Waals surface area contributed by atoms with E-state index in [0.29, 0.717) is 5.15 Å². The Morgan fingerprint density at radius 1 is 1.22 bits per heavy atom. The lowest BCUT2D eigenvalue weighted by atomic mass is 10.1. The summed E-state index contributed by atoms with van der Waals surface area (Å²) in [5, 5.41) is 3.85. The Labute approximate surface area is 112 Å². The number of nitrogens with zero attached hydrogens (tertiary/aromatic N) is 2. The molecule has 0 fully saturated rings. The zero-order valence-corrected chi connectivity index (χ0v) is 11.3. The van der Waals surface area contributed by atoms with Crippen LogP contribution in [0.1, 0.15) is 23.6 Å². The fraction of sp³-hybridized carbons (Fsp3) is 0.286. The van der Waals surface area contributed by atoms with Crippen LogP contribution in [0.5, 0.6) is 0 Å². The number of benzene rings is 1. The molecular formula is C14H16ClN3. The number of nitrogens with one attached hydrogen (secondary N) is 1. The monoisotopic (exact) mass is 261 g/mol. The first-order chi connectivity index (χ1) is 8.72. The van der Waals surface area contributed by atoms with Crippen LogP contribution in [-0.4, -0.2) is 9.97 Å². The van der Waals surface area contributed by atoms with E-state index in [9.17, 15) is 0 Å². The number of hydrogen-bond acceptors (Lipinski definition) is 3. The topological polar surface area (TPSA) is 37.8 Å². The second-order valence-corrected chi connectivity index (χ2v) is 4.48. The normalized spacial score (nSPS) is 10.4. The number of anilines is 1. The molecule has 0 bridgehead atoms. The maximum absolute atomic E-state index is 6.05. The fourth-order valence-corrected chi connectivity index (χ4v) is 2.11. The van der Waals surface area contributed by atoms with Crippen molar-refractivity contribution in [3.63, 3.8) is 0 Å². The van der Waals surface area contributed by atoms with E-state index in [-0.39, 0.29) is 0 Å². The molecule has 0 radical (unpaired) electrons. The molecule has 1 N–H and O–H groups in total. The van der Waals surface area contributed by atoms with Crippen LogP contribution in [0.15, 0.2) is 30.6 Å². The largest absolute Gasteiger partial charge is 0.366 e. The SMILES string of the molecule is CCc1c(Cl)ncnc1NCc1ccccc1C. The molecule has 1 aromatic carbocycles. The molecule has 0 aliphatic rings. The second kappa shape index (κ2) is 5.83. The summed E-state index contributed by atoms with van der Waals surface area (Å²) in [5.74, 6) is 0.820. The first-order valence-electron chi connectivity index (χ1n) is 6.00. The lowest BCUT2D eigenvalue weighted by Crippen LogP contribution is -2.06. The summed E-state index contributed by atoms with van der Waals surface area (Å²) in [4.78, 5) is 8.25. The minimum Gasteiger partial charge on any atom is -0.366 e. The molecule has 0 aliphatic carbocycles. The van der Waals surface area contributed by atoms with E-state index in [1.165, 1.54) is 17.5 Å². The van der Waals surface area contributed by atoms with Crippen LogP contribution >= 0.6 is 11.6 Å². The lowest BCUT2D eigenvalue weighted by Gasteiger charge is -2.11. The van der Waals surface area contributed by atoms with Crippen LogP contribution in [-0.2, 0) is 13.0 Å². The highest BCUT2D eigenvalue weighted by molar-refractivity contribution is 6.30. The molecule has 0 saturated carbocycles. The number of aryl methyl sites for hydroxylation is 1. The van der Waals surface area contributed by atoms with Gasteiger partial charge in [-0.3, -0.25) is 0 Å². The average molecular weight is 262 g/mol. The van der Waals surface area contributed by atoms with Gasteiger partial charge in [-0.2, -0.15) is 0 Å². The van der Waals surface area contributed by atoms with Crippen molar-refractivity contribution in [2.45, 2.75) is 26.8 Å².